The van der Waals surface area contributed by atoms with Crippen LogP contribution in [0.25, 0.3) is 0 Å². The average molecular weight is 368 g/mol. The van der Waals surface area contributed by atoms with Crippen LogP contribution in [-0.2, 0) is 4.74 Å². The van der Waals surface area contributed by atoms with E-state index < -0.39 is 0 Å². The first-order valence-electron chi connectivity index (χ1n) is 9.61. The van der Waals surface area contributed by atoms with Crippen molar-refractivity contribution in [3.63, 3.8) is 0 Å². The van der Waals surface area contributed by atoms with Crippen molar-refractivity contribution < 1.29 is 9.53 Å². The molecule has 6 nitrogen and oxygen atoms in total. The Bertz CT molecular complexity index is 710. The van der Waals surface area contributed by atoms with Gasteiger partial charge >= 0.3 is 0 Å². The minimum absolute atomic E-state index is 0.202. The number of anilines is 3. The number of benzene rings is 1. The molecule has 0 spiro atoms. The van der Waals surface area contributed by atoms with Gasteiger partial charge in [0.1, 0.15) is 5.69 Å². The van der Waals surface area contributed by atoms with Crippen LogP contribution < -0.4 is 15.5 Å². The summed E-state index contributed by atoms with van der Waals surface area (Å²) in [6.07, 6.45) is 6.43. The summed E-state index contributed by atoms with van der Waals surface area (Å²) in [5.41, 5.74) is 3.30. The Morgan fingerprint density at radius 2 is 1.81 bits per heavy atom. The van der Waals surface area contributed by atoms with Crippen LogP contribution >= 0.6 is 0 Å². The fourth-order valence-corrected chi connectivity index (χ4v) is 3.18. The summed E-state index contributed by atoms with van der Waals surface area (Å²) in [5.74, 6) is -0.202. The third-order valence-electron chi connectivity index (χ3n) is 4.70. The van der Waals surface area contributed by atoms with E-state index in [0.717, 1.165) is 44.0 Å². The van der Waals surface area contributed by atoms with E-state index in [2.05, 4.69) is 32.7 Å². The van der Waals surface area contributed by atoms with E-state index >= 15 is 0 Å². The first-order chi connectivity index (χ1) is 13.3. The summed E-state index contributed by atoms with van der Waals surface area (Å²) in [4.78, 5) is 19.0. The second-order valence-corrected chi connectivity index (χ2v) is 6.75. The Labute approximate surface area is 160 Å². The standard InChI is InChI=1S/C21H28N4O2/c1-27-15-5-12-22-18-8-11-20(23-16-18)21(26)24-17-6-9-19(10-7-17)25-13-3-2-4-14-25/h6-11,16,22H,2-5,12-15H2,1H3,(H,24,26). The molecular weight excluding hydrogens is 340 g/mol. The molecule has 0 unspecified atom stereocenters. The van der Waals surface area contributed by atoms with Gasteiger partial charge < -0.3 is 20.3 Å². The normalized spacial score (nSPS) is 14.0. The highest BCUT2D eigenvalue weighted by molar-refractivity contribution is 6.03. The van der Waals surface area contributed by atoms with Gasteiger partial charge in [0.05, 0.1) is 11.9 Å². The Balaban J connectivity index is 1.52. The molecule has 1 aromatic carbocycles. The number of hydrogen-bond donors (Lipinski definition) is 2. The van der Waals surface area contributed by atoms with Gasteiger partial charge in [-0.25, -0.2) is 4.98 Å². The molecule has 1 fully saturated rings. The maximum atomic E-state index is 12.4. The number of pyridine rings is 1. The summed E-state index contributed by atoms with van der Waals surface area (Å²) in [5, 5.41) is 6.16. The summed E-state index contributed by atoms with van der Waals surface area (Å²) in [6.45, 7) is 3.75. The lowest BCUT2D eigenvalue weighted by molar-refractivity contribution is 0.102. The largest absolute Gasteiger partial charge is 0.385 e. The van der Waals surface area contributed by atoms with Crippen molar-refractivity contribution in [1.82, 2.24) is 4.98 Å². The number of aromatic nitrogens is 1. The van der Waals surface area contributed by atoms with E-state index in [1.54, 1.807) is 19.4 Å². The molecule has 1 aromatic heterocycles. The molecule has 0 saturated carbocycles. The van der Waals surface area contributed by atoms with Crippen LogP contribution in [0.5, 0.6) is 0 Å². The maximum Gasteiger partial charge on any atom is 0.274 e. The smallest absolute Gasteiger partial charge is 0.274 e. The van der Waals surface area contributed by atoms with Gasteiger partial charge in [-0.2, -0.15) is 0 Å². The molecule has 0 radical (unpaired) electrons. The number of carbonyl (C=O) groups is 1. The number of nitrogens with zero attached hydrogens (tertiary/aromatic N) is 2. The zero-order valence-corrected chi connectivity index (χ0v) is 15.9. The summed E-state index contributed by atoms with van der Waals surface area (Å²) < 4.78 is 5.02. The number of methoxy groups -OCH3 is 1. The van der Waals surface area contributed by atoms with Crippen molar-refractivity contribution in [2.75, 3.05) is 48.9 Å². The van der Waals surface area contributed by atoms with Gasteiger partial charge in [-0.1, -0.05) is 0 Å². The minimum Gasteiger partial charge on any atom is -0.385 e. The van der Waals surface area contributed by atoms with Crippen LogP contribution in [-0.4, -0.2) is 44.2 Å². The number of carbonyl (C=O) groups excluding carboxylic acids is 1. The molecule has 27 heavy (non-hydrogen) atoms. The monoisotopic (exact) mass is 368 g/mol. The fourth-order valence-electron chi connectivity index (χ4n) is 3.18. The topological polar surface area (TPSA) is 66.5 Å². The van der Waals surface area contributed by atoms with Crippen LogP contribution in [0.15, 0.2) is 42.6 Å². The van der Waals surface area contributed by atoms with Gasteiger partial charge in [0.25, 0.3) is 5.91 Å². The average Bonchev–Trinajstić information content (AvgIpc) is 2.73. The Kier molecular flexibility index (Phi) is 7.04. The molecule has 1 amide bonds. The Morgan fingerprint density at radius 1 is 1.07 bits per heavy atom. The molecule has 2 heterocycles. The summed E-state index contributed by atoms with van der Waals surface area (Å²) in [6, 6.07) is 11.6. The predicted octanol–water partition coefficient (Wildman–Crippen LogP) is 3.77. The van der Waals surface area contributed by atoms with Crippen LogP contribution in [0.2, 0.25) is 0 Å². The van der Waals surface area contributed by atoms with Crippen LogP contribution in [0.3, 0.4) is 0 Å². The number of ether oxygens (including phenoxy) is 1. The van der Waals surface area contributed by atoms with Gasteiger partial charge in [-0.15, -0.1) is 0 Å². The van der Waals surface area contributed by atoms with Crippen LogP contribution in [0.1, 0.15) is 36.2 Å². The second-order valence-electron chi connectivity index (χ2n) is 6.75. The molecule has 1 saturated heterocycles. The third kappa shape index (κ3) is 5.69. The van der Waals surface area contributed by atoms with E-state index in [-0.39, 0.29) is 5.91 Å². The molecule has 2 aromatic rings. The van der Waals surface area contributed by atoms with Crippen molar-refractivity contribution in [2.24, 2.45) is 0 Å². The van der Waals surface area contributed by atoms with Crippen LogP contribution in [0.4, 0.5) is 17.1 Å². The lowest BCUT2D eigenvalue weighted by Gasteiger charge is -2.28. The van der Waals surface area contributed by atoms with E-state index in [4.69, 9.17) is 4.74 Å². The molecule has 1 aliphatic heterocycles. The van der Waals surface area contributed by atoms with Gasteiger partial charge in [-0.3, -0.25) is 4.79 Å². The molecular formula is C21H28N4O2. The number of rotatable bonds is 8. The van der Waals surface area contributed by atoms with E-state index in [9.17, 15) is 4.79 Å². The third-order valence-corrected chi connectivity index (χ3v) is 4.70. The minimum atomic E-state index is -0.202. The van der Waals surface area contributed by atoms with Crippen molar-refractivity contribution in [3.8, 4) is 0 Å². The lowest BCUT2D eigenvalue weighted by atomic mass is 10.1. The molecule has 1 aliphatic rings. The number of amides is 1. The van der Waals surface area contributed by atoms with E-state index in [1.165, 1.54) is 24.9 Å². The molecule has 144 valence electrons. The van der Waals surface area contributed by atoms with Crippen molar-refractivity contribution in [2.45, 2.75) is 25.7 Å². The Hall–Kier alpha value is -2.60. The van der Waals surface area contributed by atoms with Crippen molar-refractivity contribution in [3.05, 3.63) is 48.3 Å². The molecule has 2 N–H and O–H groups in total. The van der Waals surface area contributed by atoms with Crippen molar-refractivity contribution in [1.29, 1.82) is 0 Å². The SMILES string of the molecule is COCCCNc1ccc(C(=O)Nc2ccc(N3CCCCC3)cc2)nc1. The van der Waals surface area contributed by atoms with Gasteiger partial charge in [0, 0.05) is 44.7 Å². The van der Waals surface area contributed by atoms with Crippen LogP contribution in [0, 0.1) is 0 Å². The molecule has 0 aliphatic carbocycles. The van der Waals surface area contributed by atoms with Gasteiger partial charge in [0.2, 0.25) is 0 Å². The maximum absolute atomic E-state index is 12.4. The summed E-state index contributed by atoms with van der Waals surface area (Å²) >= 11 is 0. The predicted molar refractivity (Wildman–Crippen MR) is 110 cm³/mol. The highest BCUT2D eigenvalue weighted by Crippen LogP contribution is 2.22. The summed E-state index contributed by atoms with van der Waals surface area (Å²) in [7, 11) is 1.69. The Morgan fingerprint density at radius 3 is 2.48 bits per heavy atom. The quantitative estimate of drug-likeness (QED) is 0.694. The second kappa shape index (κ2) is 9.92. The number of nitrogens with one attached hydrogen (secondary N) is 2. The highest BCUT2D eigenvalue weighted by Gasteiger charge is 2.12. The number of hydrogen-bond acceptors (Lipinski definition) is 5. The molecule has 3 rings (SSSR count). The molecule has 0 bridgehead atoms. The first-order valence-corrected chi connectivity index (χ1v) is 9.61. The lowest BCUT2D eigenvalue weighted by Crippen LogP contribution is -2.29. The molecule has 0 atom stereocenters. The number of piperidine rings is 1. The van der Waals surface area contributed by atoms with E-state index in [0.29, 0.717) is 5.69 Å². The first kappa shape index (κ1) is 19.2. The van der Waals surface area contributed by atoms with Gasteiger partial charge in [-0.05, 0) is 62.1 Å². The van der Waals surface area contributed by atoms with Crippen molar-refractivity contribution >= 4 is 23.0 Å². The zero-order chi connectivity index (χ0) is 18.9. The van der Waals surface area contributed by atoms with Gasteiger partial charge in [0.15, 0.2) is 0 Å². The highest BCUT2D eigenvalue weighted by atomic mass is 16.5. The zero-order valence-electron chi connectivity index (χ0n) is 15.9. The fraction of sp³-hybridized carbons (Fsp3) is 0.429. The molecule has 6 heteroatoms. The van der Waals surface area contributed by atoms with E-state index in [1.807, 2.05) is 18.2 Å².